The van der Waals surface area contributed by atoms with Gasteiger partial charge in [-0.1, -0.05) is 34.2 Å². The lowest BCUT2D eigenvalue weighted by atomic mass is 10.2. The summed E-state index contributed by atoms with van der Waals surface area (Å²) in [6.07, 6.45) is 0. The quantitative estimate of drug-likeness (QED) is 0.812. The van der Waals surface area contributed by atoms with Crippen molar-refractivity contribution in [3.63, 3.8) is 0 Å². The molecule has 0 heterocycles. The molecule has 0 bridgehead atoms. The average Bonchev–Trinajstić information content (AvgIpc) is 2.48. The van der Waals surface area contributed by atoms with E-state index in [-0.39, 0.29) is 4.99 Å². The summed E-state index contributed by atoms with van der Waals surface area (Å²) >= 11 is 8.45. The van der Waals surface area contributed by atoms with E-state index in [1.807, 2.05) is 12.1 Å². The highest BCUT2D eigenvalue weighted by molar-refractivity contribution is 9.10. The van der Waals surface area contributed by atoms with Crippen molar-refractivity contribution < 1.29 is 14.2 Å². The van der Waals surface area contributed by atoms with Crippen molar-refractivity contribution in [3.8, 4) is 23.0 Å². The number of hydrogen-bond acceptors (Lipinski definition) is 4. The van der Waals surface area contributed by atoms with Crippen molar-refractivity contribution in [2.45, 2.75) is 0 Å². The maximum absolute atomic E-state index is 5.93. The Morgan fingerprint density at radius 2 is 1.67 bits per heavy atom. The molecule has 0 aromatic heterocycles. The molecule has 0 unspecified atom stereocenters. The van der Waals surface area contributed by atoms with Crippen molar-refractivity contribution in [2.24, 2.45) is 5.73 Å². The van der Waals surface area contributed by atoms with Crippen LogP contribution >= 0.6 is 28.1 Å². The molecule has 0 spiro atoms. The molecule has 2 rings (SSSR count). The molecule has 0 aliphatic heterocycles. The molecule has 2 aromatic carbocycles. The second kappa shape index (κ2) is 6.78. The number of benzene rings is 2. The fourth-order valence-electron chi connectivity index (χ4n) is 1.81. The van der Waals surface area contributed by atoms with Crippen LogP contribution in [0.25, 0.3) is 0 Å². The van der Waals surface area contributed by atoms with Gasteiger partial charge in [0.2, 0.25) is 5.75 Å². The van der Waals surface area contributed by atoms with Gasteiger partial charge in [0.05, 0.1) is 19.8 Å². The summed E-state index contributed by atoms with van der Waals surface area (Å²) in [7, 11) is 3.13. The Morgan fingerprint density at radius 1 is 1.05 bits per heavy atom. The van der Waals surface area contributed by atoms with Crippen LogP contribution in [0.5, 0.6) is 23.0 Å². The number of para-hydroxylation sites is 1. The average molecular weight is 368 g/mol. The molecule has 0 aliphatic rings. The highest BCUT2D eigenvalue weighted by Crippen LogP contribution is 2.41. The van der Waals surface area contributed by atoms with Crippen LogP contribution in [0.4, 0.5) is 0 Å². The minimum atomic E-state index is 0.250. The first-order valence-corrected chi connectivity index (χ1v) is 7.25. The van der Waals surface area contributed by atoms with Crippen molar-refractivity contribution in [3.05, 3.63) is 46.4 Å². The lowest BCUT2D eigenvalue weighted by molar-refractivity contribution is 0.346. The van der Waals surface area contributed by atoms with Crippen LogP contribution in [0.2, 0.25) is 0 Å². The summed E-state index contributed by atoms with van der Waals surface area (Å²) in [5.41, 5.74) is 6.38. The lowest BCUT2D eigenvalue weighted by Crippen LogP contribution is -2.11. The van der Waals surface area contributed by atoms with E-state index in [2.05, 4.69) is 15.9 Å². The third-order valence-corrected chi connectivity index (χ3v) is 3.51. The molecule has 0 fully saturated rings. The maximum atomic E-state index is 5.93. The van der Waals surface area contributed by atoms with Crippen molar-refractivity contribution in [1.29, 1.82) is 0 Å². The molecule has 4 nitrogen and oxygen atoms in total. The molecular weight excluding hydrogens is 354 g/mol. The smallest absolute Gasteiger partial charge is 0.211 e. The Morgan fingerprint density at radius 3 is 2.19 bits per heavy atom. The van der Waals surface area contributed by atoms with Gasteiger partial charge in [-0.25, -0.2) is 0 Å². The number of nitrogens with two attached hydrogens (primary N) is 1. The topological polar surface area (TPSA) is 53.7 Å². The van der Waals surface area contributed by atoms with E-state index >= 15 is 0 Å². The second-order valence-electron chi connectivity index (χ2n) is 4.10. The fraction of sp³-hybridized carbons (Fsp3) is 0.133. The van der Waals surface area contributed by atoms with E-state index in [0.717, 1.165) is 4.47 Å². The molecule has 2 N–H and O–H groups in total. The third-order valence-electron chi connectivity index (χ3n) is 2.80. The summed E-state index contributed by atoms with van der Waals surface area (Å²) < 4.78 is 17.4. The summed E-state index contributed by atoms with van der Waals surface area (Å²) in [4.78, 5) is 0.250. The zero-order chi connectivity index (χ0) is 15.4. The van der Waals surface area contributed by atoms with E-state index in [9.17, 15) is 0 Å². The summed E-state index contributed by atoms with van der Waals surface area (Å²) in [5.74, 6) is 2.13. The number of halogens is 1. The first-order chi connectivity index (χ1) is 10.1. The van der Waals surface area contributed by atoms with Crippen LogP contribution in [-0.4, -0.2) is 19.2 Å². The van der Waals surface area contributed by atoms with Crippen LogP contribution in [0, 0.1) is 0 Å². The SMILES string of the molecule is COc1cccc(OC)c1Oc1ccc(Br)cc1C(N)=S. The zero-order valence-corrected chi connectivity index (χ0v) is 14.0. The van der Waals surface area contributed by atoms with Gasteiger partial charge in [-0.2, -0.15) is 0 Å². The Balaban J connectivity index is 2.50. The van der Waals surface area contributed by atoms with Gasteiger partial charge in [0.25, 0.3) is 0 Å². The molecule has 6 heteroatoms. The Labute approximate surface area is 136 Å². The molecule has 21 heavy (non-hydrogen) atoms. The van der Waals surface area contributed by atoms with Crippen LogP contribution in [0.15, 0.2) is 40.9 Å². The number of ether oxygens (including phenoxy) is 3. The Bertz CT molecular complexity index is 654. The molecule has 110 valence electrons. The van der Waals surface area contributed by atoms with E-state index in [1.165, 1.54) is 0 Å². The third kappa shape index (κ3) is 3.46. The molecule has 0 atom stereocenters. The predicted molar refractivity (Wildman–Crippen MR) is 89.6 cm³/mol. The van der Waals surface area contributed by atoms with Crippen LogP contribution in [0.3, 0.4) is 0 Å². The molecule has 0 saturated carbocycles. The van der Waals surface area contributed by atoms with E-state index in [4.69, 9.17) is 32.2 Å². The van der Waals surface area contributed by atoms with Crippen molar-refractivity contribution in [1.82, 2.24) is 0 Å². The zero-order valence-electron chi connectivity index (χ0n) is 11.6. The number of thiocarbonyl (C=S) groups is 1. The molecule has 0 aliphatic carbocycles. The largest absolute Gasteiger partial charge is 0.493 e. The van der Waals surface area contributed by atoms with E-state index < -0.39 is 0 Å². The van der Waals surface area contributed by atoms with Gasteiger partial charge < -0.3 is 19.9 Å². The minimum Gasteiger partial charge on any atom is -0.493 e. The predicted octanol–water partition coefficient (Wildman–Crippen LogP) is 3.89. The lowest BCUT2D eigenvalue weighted by Gasteiger charge is -2.16. The maximum Gasteiger partial charge on any atom is 0.211 e. The van der Waals surface area contributed by atoms with Crippen LogP contribution < -0.4 is 19.9 Å². The first kappa shape index (κ1) is 15.6. The van der Waals surface area contributed by atoms with Gasteiger partial charge in [0, 0.05) is 4.47 Å². The summed E-state index contributed by atoms with van der Waals surface area (Å²) in [5, 5.41) is 0. The highest BCUT2D eigenvalue weighted by atomic mass is 79.9. The highest BCUT2D eigenvalue weighted by Gasteiger charge is 2.15. The number of hydrogen-bond donors (Lipinski definition) is 1. The van der Waals surface area contributed by atoms with Gasteiger partial charge in [-0.05, 0) is 30.3 Å². The number of rotatable bonds is 5. The van der Waals surface area contributed by atoms with Crippen molar-refractivity contribution >= 4 is 33.1 Å². The standard InChI is InChI=1S/C15H14BrNO3S/c1-18-12-4-3-5-13(19-2)14(12)20-11-7-6-9(16)8-10(11)15(17)21/h3-8H,1-2H3,(H2,17,21). The molecule has 0 radical (unpaired) electrons. The first-order valence-electron chi connectivity index (χ1n) is 6.05. The molecule has 0 amide bonds. The summed E-state index contributed by atoms with van der Waals surface area (Å²) in [6.45, 7) is 0. The van der Waals surface area contributed by atoms with Gasteiger partial charge >= 0.3 is 0 Å². The fourth-order valence-corrected chi connectivity index (χ4v) is 2.33. The minimum absolute atomic E-state index is 0.250. The van der Waals surface area contributed by atoms with Crippen LogP contribution in [-0.2, 0) is 0 Å². The molecule has 0 saturated heterocycles. The normalized spacial score (nSPS) is 10.0. The monoisotopic (exact) mass is 367 g/mol. The molecular formula is C15H14BrNO3S. The molecule has 2 aromatic rings. The van der Waals surface area contributed by atoms with Gasteiger partial charge in [0.1, 0.15) is 10.7 Å². The van der Waals surface area contributed by atoms with E-state index in [1.54, 1.807) is 38.5 Å². The van der Waals surface area contributed by atoms with E-state index in [0.29, 0.717) is 28.6 Å². The van der Waals surface area contributed by atoms with Gasteiger partial charge in [0.15, 0.2) is 11.5 Å². The summed E-state index contributed by atoms with van der Waals surface area (Å²) in [6, 6.07) is 10.8. The van der Waals surface area contributed by atoms with Gasteiger partial charge in [-0.15, -0.1) is 0 Å². The second-order valence-corrected chi connectivity index (χ2v) is 5.45. The number of methoxy groups -OCH3 is 2. The van der Waals surface area contributed by atoms with Crippen LogP contribution in [0.1, 0.15) is 5.56 Å². The Hall–Kier alpha value is -1.79. The van der Waals surface area contributed by atoms with Crippen molar-refractivity contribution in [2.75, 3.05) is 14.2 Å². The van der Waals surface area contributed by atoms with Gasteiger partial charge in [-0.3, -0.25) is 0 Å². The Kier molecular flexibility index (Phi) is 5.03.